The standard InChI is InChI=1S/C19H21N7O4/c1-5-25-17(19(28)22-14-9-20-24(4)12(14)3)15(10-21-25)23-18(27)13-7-6-11(2)16(8-13)26(29)30/h6-10H,5H2,1-4H3,(H,22,28)(H,23,27). The van der Waals surface area contributed by atoms with Crippen molar-refractivity contribution < 1.29 is 14.5 Å². The summed E-state index contributed by atoms with van der Waals surface area (Å²) in [7, 11) is 1.76. The zero-order chi connectivity index (χ0) is 22.0. The molecule has 2 amide bonds. The van der Waals surface area contributed by atoms with Crippen LogP contribution in [0.2, 0.25) is 0 Å². The molecule has 0 aliphatic carbocycles. The Morgan fingerprint density at radius 3 is 2.37 bits per heavy atom. The lowest BCUT2D eigenvalue weighted by Crippen LogP contribution is -2.21. The topological polar surface area (TPSA) is 137 Å². The molecule has 0 aliphatic rings. The molecular weight excluding hydrogens is 390 g/mol. The molecule has 11 heteroatoms. The number of aryl methyl sites for hydroxylation is 3. The number of rotatable bonds is 6. The van der Waals surface area contributed by atoms with E-state index in [0.29, 0.717) is 17.8 Å². The number of benzene rings is 1. The molecule has 0 spiro atoms. The summed E-state index contributed by atoms with van der Waals surface area (Å²) in [4.78, 5) is 36.2. The molecule has 0 bridgehead atoms. The predicted molar refractivity (Wildman–Crippen MR) is 110 cm³/mol. The van der Waals surface area contributed by atoms with Crippen molar-refractivity contribution >= 4 is 28.9 Å². The Hall–Kier alpha value is -4.02. The number of nitro benzene ring substituents is 1. The Morgan fingerprint density at radius 1 is 1.10 bits per heavy atom. The maximum Gasteiger partial charge on any atom is 0.276 e. The Morgan fingerprint density at radius 2 is 1.77 bits per heavy atom. The van der Waals surface area contributed by atoms with Crippen molar-refractivity contribution in [2.45, 2.75) is 27.3 Å². The molecule has 1 aromatic carbocycles. The molecule has 0 fully saturated rings. The van der Waals surface area contributed by atoms with E-state index in [0.717, 1.165) is 5.69 Å². The first-order valence-corrected chi connectivity index (χ1v) is 9.15. The molecule has 2 N–H and O–H groups in total. The largest absolute Gasteiger partial charge is 0.319 e. The van der Waals surface area contributed by atoms with Gasteiger partial charge in [-0.25, -0.2) is 0 Å². The van der Waals surface area contributed by atoms with Gasteiger partial charge in [-0.3, -0.25) is 29.1 Å². The van der Waals surface area contributed by atoms with Gasteiger partial charge < -0.3 is 10.6 Å². The van der Waals surface area contributed by atoms with Gasteiger partial charge in [-0.2, -0.15) is 10.2 Å². The molecule has 0 unspecified atom stereocenters. The number of carbonyl (C=O) groups excluding carboxylic acids is 2. The third-order valence-electron chi connectivity index (χ3n) is 4.75. The van der Waals surface area contributed by atoms with Gasteiger partial charge in [0.05, 0.1) is 34.4 Å². The molecule has 30 heavy (non-hydrogen) atoms. The number of aromatic nitrogens is 4. The Kier molecular flexibility index (Phi) is 5.63. The van der Waals surface area contributed by atoms with E-state index in [2.05, 4.69) is 20.8 Å². The van der Waals surface area contributed by atoms with Gasteiger partial charge in [-0.15, -0.1) is 0 Å². The number of nitro groups is 1. The second-order valence-electron chi connectivity index (χ2n) is 6.66. The molecule has 3 rings (SSSR count). The number of hydrogen-bond donors (Lipinski definition) is 2. The second-order valence-corrected chi connectivity index (χ2v) is 6.66. The highest BCUT2D eigenvalue weighted by molar-refractivity contribution is 6.11. The number of carbonyl (C=O) groups is 2. The summed E-state index contributed by atoms with van der Waals surface area (Å²) in [5.74, 6) is -1.05. The number of nitrogens with one attached hydrogen (secondary N) is 2. The molecule has 0 aliphatic heterocycles. The molecule has 0 saturated heterocycles. The van der Waals surface area contributed by atoms with E-state index in [1.54, 1.807) is 18.7 Å². The molecule has 3 aromatic rings. The average Bonchev–Trinajstić information content (AvgIpc) is 3.25. The van der Waals surface area contributed by atoms with Crippen LogP contribution in [0.25, 0.3) is 0 Å². The fourth-order valence-corrected chi connectivity index (χ4v) is 2.90. The fourth-order valence-electron chi connectivity index (χ4n) is 2.90. The van der Waals surface area contributed by atoms with Gasteiger partial charge in [0, 0.05) is 30.8 Å². The van der Waals surface area contributed by atoms with Gasteiger partial charge in [0.2, 0.25) is 0 Å². The number of nitrogens with zero attached hydrogens (tertiary/aromatic N) is 5. The van der Waals surface area contributed by atoms with E-state index in [4.69, 9.17) is 0 Å². The minimum Gasteiger partial charge on any atom is -0.319 e. The van der Waals surface area contributed by atoms with Gasteiger partial charge in [0.25, 0.3) is 17.5 Å². The Labute approximate surface area is 171 Å². The molecule has 0 saturated carbocycles. The number of anilines is 2. The van der Waals surface area contributed by atoms with Crippen LogP contribution >= 0.6 is 0 Å². The van der Waals surface area contributed by atoms with E-state index < -0.39 is 16.7 Å². The van der Waals surface area contributed by atoms with Gasteiger partial charge in [-0.05, 0) is 26.8 Å². The van der Waals surface area contributed by atoms with Crippen molar-refractivity contribution in [2.75, 3.05) is 10.6 Å². The average molecular weight is 411 g/mol. The van der Waals surface area contributed by atoms with Crippen molar-refractivity contribution in [3.05, 3.63) is 63.2 Å². The van der Waals surface area contributed by atoms with Gasteiger partial charge in [0.15, 0.2) is 0 Å². The summed E-state index contributed by atoms with van der Waals surface area (Å²) in [5, 5.41) is 24.8. The quantitative estimate of drug-likeness (QED) is 0.472. The van der Waals surface area contributed by atoms with Crippen molar-refractivity contribution in [3.8, 4) is 0 Å². The highest BCUT2D eigenvalue weighted by atomic mass is 16.6. The fraction of sp³-hybridized carbons (Fsp3) is 0.263. The summed E-state index contributed by atoms with van der Waals surface area (Å²) in [5.41, 5.74) is 2.06. The monoisotopic (exact) mass is 411 g/mol. The smallest absolute Gasteiger partial charge is 0.276 e. The Bertz CT molecular complexity index is 1150. The first-order valence-electron chi connectivity index (χ1n) is 9.15. The normalized spacial score (nSPS) is 10.7. The van der Waals surface area contributed by atoms with Crippen molar-refractivity contribution in [1.29, 1.82) is 0 Å². The van der Waals surface area contributed by atoms with Crippen LogP contribution in [-0.2, 0) is 13.6 Å². The summed E-state index contributed by atoms with van der Waals surface area (Å²) >= 11 is 0. The van der Waals surface area contributed by atoms with Crippen LogP contribution in [-0.4, -0.2) is 36.3 Å². The van der Waals surface area contributed by atoms with Crippen LogP contribution in [0.4, 0.5) is 17.1 Å². The molecule has 0 radical (unpaired) electrons. The lowest BCUT2D eigenvalue weighted by molar-refractivity contribution is -0.385. The third-order valence-corrected chi connectivity index (χ3v) is 4.75. The summed E-state index contributed by atoms with van der Waals surface area (Å²) in [6, 6.07) is 4.19. The second kappa shape index (κ2) is 8.15. The van der Waals surface area contributed by atoms with E-state index >= 15 is 0 Å². The summed E-state index contributed by atoms with van der Waals surface area (Å²) in [6.07, 6.45) is 2.90. The molecule has 2 heterocycles. The summed E-state index contributed by atoms with van der Waals surface area (Å²) in [6.45, 7) is 5.62. The van der Waals surface area contributed by atoms with Gasteiger partial charge >= 0.3 is 0 Å². The van der Waals surface area contributed by atoms with E-state index in [9.17, 15) is 19.7 Å². The zero-order valence-electron chi connectivity index (χ0n) is 17.0. The maximum atomic E-state index is 12.9. The van der Waals surface area contributed by atoms with Crippen LogP contribution in [0.3, 0.4) is 0 Å². The molecule has 2 aromatic heterocycles. The lowest BCUT2D eigenvalue weighted by atomic mass is 10.1. The summed E-state index contributed by atoms with van der Waals surface area (Å²) < 4.78 is 3.08. The van der Waals surface area contributed by atoms with Crippen LogP contribution in [0.15, 0.2) is 30.6 Å². The van der Waals surface area contributed by atoms with Crippen LogP contribution in [0.1, 0.15) is 39.0 Å². The van der Waals surface area contributed by atoms with Crippen molar-refractivity contribution in [3.63, 3.8) is 0 Å². The van der Waals surface area contributed by atoms with Crippen molar-refractivity contribution in [2.24, 2.45) is 7.05 Å². The molecule has 0 atom stereocenters. The van der Waals surface area contributed by atoms with Gasteiger partial charge in [0.1, 0.15) is 5.69 Å². The van der Waals surface area contributed by atoms with Gasteiger partial charge in [-0.1, -0.05) is 6.07 Å². The number of hydrogen-bond acceptors (Lipinski definition) is 6. The van der Waals surface area contributed by atoms with E-state index in [-0.39, 0.29) is 22.6 Å². The highest BCUT2D eigenvalue weighted by Crippen LogP contribution is 2.22. The SMILES string of the molecule is CCn1ncc(NC(=O)c2ccc(C)c([N+](=O)[O-])c2)c1C(=O)Nc1cnn(C)c1C. The van der Waals surface area contributed by atoms with E-state index in [1.807, 2.05) is 13.8 Å². The van der Waals surface area contributed by atoms with Crippen LogP contribution in [0.5, 0.6) is 0 Å². The first kappa shape index (κ1) is 20.7. The zero-order valence-corrected chi connectivity index (χ0v) is 17.0. The lowest BCUT2D eigenvalue weighted by Gasteiger charge is -2.10. The Balaban J connectivity index is 1.89. The van der Waals surface area contributed by atoms with E-state index in [1.165, 1.54) is 35.3 Å². The minimum absolute atomic E-state index is 0.103. The number of amides is 2. The maximum absolute atomic E-state index is 12.9. The molecule has 11 nitrogen and oxygen atoms in total. The minimum atomic E-state index is -0.583. The third kappa shape index (κ3) is 3.90. The first-order chi connectivity index (χ1) is 14.2. The predicted octanol–water partition coefficient (Wildman–Crippen LogP) is 2.67. The molecular formula is C19H21N7O4. The molecule has 156 valence electrons. The highest BCUT2D eigenvalue weighted by Gasteiger charge is 2.22. The van der Waals surface area contributed by atoms with Crippen LogP contribution < -0.4 is 10.6 Å². The van der Waals surface area contributed by atoms with Crippen LogP contribution in [0, 0.1) is 24.0 Å². The van der Waals surface area contributed by atoms with Crippen molar-refractivity contribution in [1.82, 2.24) is 19.6 Å².